The first kappa shape index (κ1) is 24.0. The summed E-state index contributed by atoms with van der Waals surface area (Å²) in [6.45, 7) is 7.45. The van der Waals surface area contributed by atoms with Gasteiger partial charge in [-0.15, -0.1) is 0 Å². The van der Waals surface area contributed by atoms with E-state index in [1.54, 1.807) is 7.11 Å². The molecule has 4 rings (SSSR count). The molecule has 1 fully saturated rings. The van der Waals surface area contributed by atoms with Gasteiger partial charge in [0.05, 0.1) is 25.9 Å². The molecule has 1 saturated heterocycles. The van der Waals surface area contributed by atoms with Crippen LogP contribution in [0, 0.1) is 0 Å². The van der Waals surface area contributed by atoms with E-state index in [2.05, 4.69) is 65.6 Å². The molecule has 5 nitrogen and oxygen atoms in total. The van der Waals surface area contributed by atoms with Crippen molar-refractivity contribution < 1.29 is 14.3 Å². The van der Waals surface area contributed by atoms with Crippen LogP contribution < -0.4 is 4.74 Å². The van der Waals surface area contributed by atoms with Gasteiger partial charge in [0.15, 0.2) is 0 Å². The van der Waals surface area contributed by atoms with E-state index in [-0.39, 0.29) is 18.1 Å². The first-order chi connectivity index (χ1) is 16.6. The molecule has 3 aromatic carbocycles. The number of benzene rings is 3. The zero-order chi connectivity index (χ0) is 23.9. The predicted octanol–water partition coefficient (Wildman–Crippen LogP) is 5.17. The normalized spacial score (nSPS) is 14.6. The minimum absolute atomic E-state index is 0.0593. The van der Waals surface area contributed by atoms with E-state index < -0.39 is 0 Å². The van der Waals surface area contributed by atoms with Crippen molar-refractivity contribution in [3.8, 4) is 5.75 Å². The maximum atomic E-state index is 13.3. The molecule has 0 bridgehead atoms. The largest absolute Gasteiger partial charge is 0.496 e. The lowest BCUT2D eigenvalue weighted by molar-refractivity contribution is 0.0593. The Morgan fingerprint density at radius 1 is 0.853 bits per heavy atom. The van der Waals surface area contributed by atoms with Crippen LogP contribution in [0.2, 0.25) is 0 Å². The second kappa shape index (κ2) is 11.3. The summed E-state index contributed by atoms with van der Waals surface area (Å²) in [4.78, 5) is 17.8. The Morgan fingerprint density at radius 3 is 1.97 bits per heavy atom. The van der Waals surface area contributed by atoms with Crippen molar-refractivity contribution in [2.75, 3.05) is 33.3 Å². The lowest BCUT2D eigenvalue weighted by Crippen LogP contribution is -2.49. The lowest BCUT2D eigenvalue weighted by atomic mass is 9.96. The molecule has 1 heterocycles. The lowest BCUT2D eigenvalue weighted by Gasteiger charge is -2.40. The molecule has 1 amide bonds. The van der Waals surface area contributed by atoms with Crippen LogP contribution in [-0.4, -0.2) is 55.1 Å². The van der Waals surface area contributed by atoms with Crippen LogP contribution >= 0.6 is 0 Å². The van der Waals surface area contributed by atoms with Crippen LogP contribution in [0.1, 0.15) is 46.9 Å². The molecule has 5 heteroatoms. The van der Waals surface area contributed by atoms with Gasteiger partial charge in [-0.05, 0) is 43.2 Å². The van der Waals surface area contributed by atoms with Crippen LogP contribution in [-0.2, 0) is 11.3 Å². The molecule has 0 N–H and O–H groups in total. The standard InChI is InChI=1S/C29H34N2O3/c1-22(2)34-21-26-20-25(14-15-27(26)33-3)29(32)31-18-16-30(17-19-31)28(23-10-6-4-7-11-23)24-12-8-5-9-13-24/h4-15,20,22,28H,16-19,21H2,1-3H3. The molecule has 34 heavy (non-hydrogen) atoms. The molecular formula is C29H34N2O3. The maximum Gasteiger partial charge on any atom is 0.253 e. The highest BCUT2D eigenvalue weighted by molar-refractivity contribution is 5.94. The molecule has 0 unspecified atom stereocenters. The maximum absolute atomic E-state index is 13.3. The molecule has 1 aliphatic heterocycles. The fourth-order valence-corrected chi connectivity index (χ4v) is 4.53. The average Bonchev–Trinajstić information content (AvgIpc) is 2.88. The van der Waals surface area contributed by atoms with Gasteiger partial charge in [-0.3, -0.25) is 9.69 Å². The number of nitrogens with zero attached hydrogens (tertiary/aromatic N) is 2. The number of amides is 1. The van der Waals surface area contributed by atoms with Gasteiger partial charge < -0.3 is 14.4 Å². The van der Waals surface area contributed by atoms with E-state index in [1.807, 2.05) is 36.9 Å². The van der Waals surface area contributed by atoms with Crippen LogP contribution in [0.5, 0.6) is 5.75 Å². The van der Waals surface area contributed by atoms with Crippen LogP contribution in [0.25, 0.3) is 0 Å². The van der Waals surface area contributed by atoms with Gasteiger partial charge in [0.25, 0.3) is 5.91 Å². The summed E-state index contributed by atoms with van der Waals surface area (Å²) in [6, 6.07) is 27.0. The molecule has 3 aromatic rings. The molecule has 0 radical (unpaired) electrons. The molecule has 1 aliphatic rings. The van der Waals surface area contributed by atoms with E-state index in [0.29, 0.717) is 25.3 Å². The summed E-state index contributed by atoms with van der Waals surface area (Å²) in [5.74, 6) is 0.805. The monoisotopic (exact) mass is 458 g/mol. The van der Waals surface area contributed by atoms with Gasteiger partial charge in [-0.25, -0.2) is 0 Å². The minimum Gasteiger partial charge on any atom is -0.496 e. The summed E-state index contributed by atoms with van der Waals surface area (Å²) in [5, 5.41) is 0. The quantitative estimate of drug-likeness (QED) is 0.467. The van der Waals surface area contributed by atoms with E-state index >= 15 is 0 Å². The van der Waals surface area contributed by atoms with Gasteiger partial charge in [0.1, 0.15) is 5.75 Å². The Bertz CT molecular complexity index is 1020. The van der Waals surface area contributed by atoms with E-state index in [4.69, 9.17) is 9.47 Å². The Kier molecular flexibility index (Phi) is 7.99. The summed E-state index contributed by atoms with van der Waals surface area (Å²) < 4.78 is 11.2. The fraction of sp³-hybridized carbons (Fsp3) is 0.345. The SMILES string of the molecule is COc1ccc(C(=O)N2CCN(C(c3ccccc3)c3ccccc3)CC2)cc1COC(C)C. The Balaban J connectivity index is 1.47. The van der Waals surface area contributed by atoms with Crippen LogP contribution in [0.4, 0.5) is 0 Å². The van der Waals surface area contributed by atoms with E-state index in [0.717, 1.165) is 24.4 Å². The number of carbonyl (C=O) groups is 1. The number of hydrogen-bond donors (Lipinski definition) is 0. The third-order valence-corrected chi connectivity index (χ3v) is 6.30. The smallest absolute Gasteiger partial charge is 0.253 e. The molecule has 0 atom stereocenters. The van der Waals surface area contributed by atoms with Crippen molar-refractivity contribution in [2.45, 2.75) is 32.6 Å². The molecular weight excluding hydrogens is 424 g/mol. The van der Waals surface area contributed by atoms with Gasteiger partial charge in [-0.1, -0.05) is 60.7 Å². The third kappa shape index (κ3) is 5.66. The minimum atomic E-state index is 0.0593. The number of ether oxygens (including phenoxy) is 2. The van der Waals surface area contributed by atoms with Crippen molar-refractivity contribution in [3.63, 3.8) is 0 Å². The van der Waals surface area contributed by atoms with Gasteiger partial charge in [0, 0.05) is 37.3 Å². The first-order valence-electron chi connectivity index (χ1n) is 12.0. The molecule has 0 aliphatic carbocycles. The average molecular weight is 459 g/mol. The Hall–Kier alpha value is -3.15. The number of carbonyl (C=O) groups excluding carboxylic acids is 1. The zero-order valence-electron chi connectivity index (χ0n) is 20.3. The number of methoxy groups -OCH3 is 1. The molecule has 0 spiro atoms. The summed E-state index contributed by atoms with van der Waals surface area (Å²) in [7, 11) is 1.64. The highest BCUT2D eigenvalue weighted by Gasteiger charge is 2.28. The van der Waals surface area contributed by atoms with Gasteiger partial charge in [0.2, 0.25) is 0 Å². The molecule has 0 aromatic heterocycles. The van der Waals surface area contributed by atoms with Crippen LogP contribution in [0.3, 0.4) is 0 Å². The topological polar surface area (TPSA) is 42.0 Å². The zero-order valence-corrected chi connectivity index (χ0v) is 20.3. The first-order valence-corrected chi connectivity index (χ1v) is 12.0. The second-order valence-electron chi connectivity index (χ2n) is 8.94. The number of rotatable bonds is 8. The number of piperazine rings is 1. The Morgan fingerprint density at radius 2 is 1.44 bits per heavy atom. The number of hydrogen-bond acceptors (Lipinski definition) is 4. The van der Waals surface area contributed by atoms with Crippen molar-refractivity contribution in [2.24, 2.45) is 0 Å². The molecule has 178 valence electrons. The highest BCUT2D eigenvalue weighted by Crippen LogP contribution is 2.30. The second-order valence-corrected chi connectivity index (χ2v) is 8.94. The Labute approximate surface area is 202 Å². The summed E-state index contributed by atoms with van der Waals surface area (Å²) in [6.07, 6.45) is 0.110. The van der Waals surface area contributed by atoms with Crippen molar-refractivity contribution in [1.82, 2.24) is 9.80 Å². The fourth-order valence-electron chi connectivity index (χ4n) is 4.53. The predicted molar refractivity (Wildman–Crippen MR) is 135 cm³/mol. The van der Waals surface area contributed by atoms with Crippen LogP contribution in [0.15, 0.2) is 78.9 Å². The van der Waals surface area contributed by atoms with Gasteiger partial charge in [-0.2, -0.15) is 0 Å². The summed E-state index contributed by atoms with van der Waals surface area (Å²) in [5.41, 5.74) is 4.13. The van der Waals surface area contributed by atoms with Crippen molar-refractivity contribution in [1.29, 1.82) is 0 Å². The highest BCUT2D eigenvalue weighted by atomic mass is 16.5. The summed E-state index contributed by atoms with van der Waals surface area (Å²) >= 11 is 0. The third-order valence-electron chi connectivity index (χ3n) is 6.30. The van der Waals surface area contributed by atoms with Crippen molar-refractivity contribution in [3.05, 3.63) is 101 Å². The van der Waals surface area contributed by atoms with E-state index in [9.17, 15) is 4.79 Å². The van der Waals surface area contributed by atoms with Gasteiger partial charge >= 0.3 is 0 Å². The van der Waals surface area contributed by atoms with Crippen molar-refractivity contribution >= 4 is 5.91 Å². The molecule has 0 saturated carbocycles. The van der Waals surface area contributed by atoms with E-state index in [1.165, 1.54) is 11.1 Å².